The van der Waals surface area contributed by atoms with Gasteiger partial charge in [0, 0.05) is 5.92 Å². The maximum absolute atomic E-state index is 15.0. The predicted molar refractivity (Wildman–Crippen MR) is 88.1 cm³/mol. The highest BCUT2D eigenvalue weighted by atomic mass is 19.1. The van der Waals surface area contributed by atoms with E-state index in [0.717, 1.165) is 17.8 Å². The number of hydrogen-bond acceptors (Lipinski definition) is 7. The molecule has 3 rings (SSSR count). The molecule has 3 heterocycles. The fourth-order valence-corrected chi connectivity index (χ4v) is 2.78. The molecule has 1 fully saturated rings. The topological polar surface area (TPSA) is 142 Å². The standard InChI is InChI=1S/C15H20FN5O5/c1-6(2)11(24)19-14-18-10-8(12(25)20-14)17-5-21(10)13-15(3,16)9(23)7(4-22)26-13/h5-7,9,13,22-23H,4H2,1-3H3,(H2,18,19,20,24,25)/t7-,9-,13-,15+/m1/s1. The minimum atomic E-state index is -2.26. The number of ether oxygens (including phenoxy) is 1. The smallest absolute Gasteiger partial charge is 0.280 e. The molecule has 2 aromatic heterocycles. The summed E-state index contributed by atoms with van der Waals surface area (Å²) in [7, 11) is 0. The van der Waals surface area contributed by atoms with Crippen molar-refractivity contribution in [2.24, 2.45) is 5.92 Å². The van der Waals surface area contributed by atoms with Gasteiger partial charge in [-0.05, 0) is 6.92 Å². The number of aliphatic hydroxyl groups is 2. The zero-order chi connectivity index (χ0) is 19.2. The molecule has 1 amide bonds. The Bertz CT molecular complexity index is 892. The summed E-state index contributed by atoms with van der Waals surface area (Å²) in [5.74, 6) is -0.809. The van der Waals surface area contributed by atoms with Crippen LogP contribution in [0, 0.1) is 5.92 Å². The van der Waals surface area contributed by atoms with E-state index in [1.54, 1.807) is 13.8 Å². The van der Waals surface area contributed by atoms with Crippen molar-refractivity contribution in [3.05, 3.63) is 16.7 Å². The molecule has 1 saturated heterocycles. The van der Waals surface area contributed by atoms with Crippen LogP contribution < -0.4 is 10.9 Å². The van der Waals surface area contributed by atoms with Gasteiger partial charge in [-0.25, -0.2) is 9.37 Å². The average molecular weight is 369 g/mol. The van der Waals surface area contributed by atoms with Crippen LogP contribution >= 0.6 is 0 Å². The first-order valence-corrected chi connectivity index (χ1v) is 8.07. The molecular formula is C15H20FN5O5. The zero-order valence-electron chi connectivity index (χ0n) is 14.4. The Morgan fingerprint density at radius 3 is 2.85 bits per heavy atom. The second-order valence-corrected chi connectivity index (χ2v) is 6.69. The summed E-state index contributed by atoms with van der Waals surface area (Å²) in [5.41, 5.74) is -2.97. The van der Waals surface area contributed by atoms with Crippen molar-refractivity contribution < 1.29 is 24.1 Å². The molecular weight excluding hydrogens is 349 g/mol. The summed E-state index contributed by atoms with van der Waals surface area (Å²) in [6.07, 6.45) is -2.90. The molecule has 26 heavy (non-hydrogen) atoms. The number of aliphatic hydroxyl groups excluding tert-OH is 2. The maximum Gasteiger partial charge on any atom is 0.280 e. The second-order valence-electron chi connectivity index (χ2n) is 6.69. The van der Waals surface area contributed by atoms with Crippen LogP contribution in [0.4, 0.5) is 10.3 Å². The number of carbonyl (C=O) groups excluding carboxylic acids is 1. The number of aromatic amines is 1. The number of imidazole rings is 1. The molecule has 4 atom stereocenters. The van der Waals surface area contributed by atoms with Crippen molar-refractivity contribution in [2.45, 2.75) is 44.9 Å². The number of carbonyl (C=O) groups is 1. The van der Waals surface area contributed by atoms with Gasteiger partial charge in [0.2, 0.25) is 11.9 Å². The summed E-state index contributed by atoms with van der Waals surface area (Å²) < 4.78 is 21.6. The summed E-state index contributed by atoms with van der Waals surface area (Å²) >= 11 is 0. The van der Waals surface area contributed by atoms with Gasteiger partial charge >= 0.3 is 0 Å². The lowest BCUT2D eigenvalue weighted by molar-refractivity contribution is -0.118. The van der Waals surface area contributed by atoms with Crippen molar-refractivity contribution >= 4 is 23.0 Å². The maximum atomic E-state index is 15.0. The highest BCUT2D eigenvalue weighted by molar-refractivity contribution is 5.91. The number of anilines is 1. The van der Waals surface area contributed by atoms with E-state index in [4.69, 9.17) is 4.74 Å². The molecule has 10 nitrogen and oxygen atoms in total. The lowest BCUT2D eigenvalue weighted by atomic mass is 9.99. The van der Waals surface area contributed by atoms with Gasteiger partial charge in [-0.1, -0.05) is 13.8 Å². The van der Waals surface area contributed by atoms with Crippen molar-refractivity contribution in [1.82, 2.24) is 19.5 Å². The van der Waals surface area contributed by atoms with Gasteiger partial charge in [0.1, 0.15) is 12.2 Å². The fraction of sp³-hybridized carbons (Fsp3) is 0.600. The molecule has 0 unspecified atom stereocenters. The van der Waals surface area contributed by atoms with Gasteiger partial charge in [-0.15, -0.1) is 0 Å². The number of fused-ring (bicyclic) bond motifs is 1. The lowest BCUT2D eigenvalue weighted by Gasteiger charge is -2.24. The molecule has 2 aromatic rings. The predicted octanol–water partition coefficient (Wildman–Crippen LogP) is -0.307. The SMILES string of the molecule is CC(C)C(=O)Nc1nc2c(ncn2[C@@H]2O[C@H](CO)[C@@H](O)[C@]2(C)F)c(=O)[nH]1. The van der Waals surface area contributed by atoms with E-state index in [1.165, 1.54) is 0 Å². The van der Waals surface area contributed by atoms with Crippen molar-refractivity contribution in [2.75, 3.05) is 11.9 Å². The van der Waals surface area contributed by atoms with E-state index in [0.29, 0.717) is 0 Å². The minimum Gasteiger partial charge on any atom is -0.394 e. The Hall–Kier alpha value is -2.37. The van der Waals surface area contributed by atoms with E-state index in [-0.39, 0.29) is 28.9 Å². The van der Waals surface area contributed by atoms with E-state index in [2.05, 4.69) is 20.3 Å². The third-order valence-corrected chi connectivity index (χ3v) is 4.35. The Balaban J connectivity index is 2.06. The summed E-state index contributed by atoms with van der Waals surface area (Å²) in [5, 5.41) is 21.7. The first-order chi connectivity index (χ1) is 12.2. The van der Waals surface area contributed by atoms with Crippen molar-refractivity contribution in [1.29, 1.82) is 0 Å². The minimum absolute atomic E-state index is 0.0209. The lowest BCUT2D eigenvalue weighted by Crippen LogP contribution is -2.40. The number of alkyl halides is 1. The highest BCUT2D eigenvalue weighted by Gasteiger charge is 2.55. The number of amides is 1. The van der Waals surface area contributed by atoms with Crippen molar-refractivity contribution in [3.63, 3.8) is 0 Å². The van der Waals surface area contributed by atoms with Gasteiger partial charge in [0.25, 0.3) is 5.56 Å². The Labute approximate surface area is 147 Å². The highest BCUT2D eigenvalue weighted by Crippen LogP contribution is 2.41. The summed E-state index contributed by atoms with van der Waals surface area (Å²) in [6, 6.07) is 0. The molecule has 0 aromatic carbocycles. The third-order valence-electron chi connectivity index (χ3n) is 4.35. The summed E-state index contributed by atoms with van der Waals surface area (Å²) in [6.45, 7) is 3.90. The molecule has 11 heteroatoms. The molecule has 0 aliphatic carbocycles. The third kappa shape index (κ3) is 2.87. The molecule has 4 N–H and O–H groups in total. The molecule has 0 saturated carbocycles. The first-order valence-electron chi connectivity index (χ1n) is 8.07. The number of nitrogens with zero attached hydrogens (tertiary/aromatic N) is 3. The molecule has 142 valence electrons. The van der Waals surface area contributed by atoms with E-state index < -0.39 is 36.3 Å². The van der Waals surface area contributed by atoms with Crippen LogP contribution in [-0.2, 0) is 9.53 Å². The Morgan fingerprint density at radius 2 is 2.27 bits per heavy atom. The average Bonchev–Trinajstić information content (AvgIpc) is 3.07. The number of nitrogens with one attached hydrogen (secondary N) is 2. The van der Waals surface area contributed by atoms with Crippen LogP contribution in [0.25, 0.3) is 11.2 Å². The number of H-pyrrole nitrogens is 1. The van der Waals surface area contributed by atoms with Crippen LogP contribution in [0.5, 0.6) is 0 Å². The van der Waals surface area contributed by atoms with E-state index >= 15 is 0 Å². The van der Waals surface area contributed by atoms with Crippen molar-refractivity contribution in [3.8, 4) is 0 Å². The van der Waals surface area contributed by atoms with Crippen LogP contribution in [-0.4, -0.2) is 60.1 Å². The monoisotopic (exact) mass is 369 g/mol. The quantitative estimate of drug-likeness (QED) is 0.579. The van der Waals surface area contributed by atoms with Crippen LogP contribution in [0.3, 0.4) is 0 Å². The van der Waals surface area contributed by atoms with Gasteiger partial charge in [-0.2, -0.15) is 4.98 Å². The largest absolute Gasteiger partial charge is 0.394 e. The van der Waals surface area contributed by atoms with Gasteiger partial charge < -0.3 is 14.9 Å². The summed E-state index contributed by atoms with van der Waals surface area (Å²) in [4.78, 5) is 34.4. The van der Waals surface area contributed by atoms with E-state index in [1.807, 2.05) is 0 Å². The second kappa shape index (κ2) is 6.41. The van der Waals surface area contributed by atoms with Crippen LogP contribution in [0.2, 0.25) is 0 Å². The van der Waals surface area contributed by atoms with Gasteiger partial charge in [-0.3, -0.25) is 24.5 Å². The van der Waals surface area contributed by atoms with Gasteiger partial charge in [0.15, 0.2) is 23.1 Å². The first kappa shape index (κ1) is 18.4. The fourth-order valence-electron chi connectivity index (χ4n) is 2.78. The number of aromatic nitrogens is 4. The molecule has 1 aliphatic rings. The Kier molecular flexibility index (Phi) is 4.54. The van der Waals surface area contributed by atoms with Crippen LogP contribution in [0.1, 0.15) is 27.0 Å². The van der Waals surface area contributed by atoms with E-state index in [9.17, 15) is 24.2 Å². The Morgan fingerprint density at radius 1 is 1.58 bits per heavy atom. The number of hydrogen-bond donors (Lipinski definition) is 4. The number of rotatable bonds is 4. The molecule has 0 spiro atoms. The molecule has 0 bridgehead atoms. The van der Waals surface area contributed by atoms with Crippen LogP contribution in [0.15, 0.2) is 11.1 Å². The normalized spacial score (nSPS) is 28.8. The van der Waals surface area contributed by atoms with Gasteiger partial charge in [0.05, 0.1) is 12.9 Å². The number of halogens is 1. The zero-order valence-corrected chi connectivity index (χ0v) is 14.4. The molecule has 1 aliphatic heterocycles. The molecule has 0 radical (unpaired) electrons.